The number of aliphatic hydroxyl groups is 2. The van der Waals surface area contributed by atoms with Gasteiger partial charge in [-0.3, -0.25) is 14.4 Å². The predicted molar refractivity (Wildman–Crippen MR) is 89.6 cm³/mol. The minimum Gasteiger partial charge on any atom is -0.480 e. The molecule has 1 fully saturated rings. The minimum absolute atomic E-state index is 0.308. The highest BCUT2D eigenvalue weighted by atomic mass is 32.2. The highest BCUT2D eigenvalue weighted by Crippen LogP contribution is 2.36. The zero-order valence-corrected chi connectivity index (χ0v) is 15.3. The molecule has 1 aliphatic heterocycles. The molecule has 0 spiro atoms. The standard InChI is InChI=1S/C15H24N2O7S/c1-6(2)10(19)15(11(20)7(3)12(21)17-15)14(24)25-5-9(13(22)23)16-8(4)18/h6-7,9-11,19-20H,5H2,1-4H3,(H,16,18)(H,17,21)(H,22,23)/t7-,9-,10-,11+,15-/m0/s1. The van der Waals surface area contributed by atoms with Crippen LogP contribution < -0.4 is 10.6 Å². The number of hydrogen-bond donors (Lipinski definition) is 5. The van der Waals surface area contributed by atoms with Crippen molar-refractivity contribution < 1.29 is 34.5 Å². The van der Waals surface area contributed by atoms with Crippen molar-refractivity contribution in [2.24, 2.45) is 11.8 Å². The molecular formula is C15H24N2O7S. The second-order valence-corrected chi connectivity index (χ2v) is 7.46. The van der Waals surface area contributed by atoms with E-state index in [0.717, 1.165) is 6.92 Å². The van der Waals surface area contributed by atoms with Crippen molar-refractivity contribution in [1.29, 1.82) is 0 Å². The van der Waals surface area contributed by atoms with E-state index in [1.54, 1.807) is 13.8 Å². The summed E-state index contributed by atoms with van der Waals surface area (Å²) in [5.74, 6) is -4.12. The summed E-state index contributed by atoms with van der Waals surface area (Å²) in [6, 6.07) is -1.31. The topological polar surface area (TPSA) is 153 Å². The van der Waals surface area contributed by atoms with Crippen LogP contribution >= 0.6 is 11.8 Å². The van der Waals surface area contributed by atoms with Crippen LogP contribution in [0.4, 0.5) is 0 Å². The summed E-state index contributed by atoms with van der Waals surface area (Å²) in [7, 11) is 0. The fourth-order valence-corrected chi connectivity index (χ4v) is 3.77. The van der Waals surface area contributed by atoms with E-state index >= 15 is 0 Å². The zero-order chi connectivity index (χ0) is 19.5. The maximum Gasteiger partial charge on any atom is 0.327 e. The van der Waals surface area contributed by atoms with Crippen molar-refractivity contribution in [2.75, 3.05) is 5.75 Å². The van der Waals surface area contributed by atoms with Gasteiger partial charge in [-0.1, -0.05) is 32.5 Å². The van der Waals surface area contributed by atoms with Gasteiger partial charge in [0.15, 0.2) is 5.54 Å². The molecule has 0 aromatic carbocycles. The molecule has 1 heterocycles. The van der Waals surface area contributed by atoms with Crippen molar-refractivity contribution in [3.8, 4) is 0 Å². The number of nitrogens with one attached hydrogen (secondary N) is 2. The quantitative estimate of drug-likeness (QED) is 0.368. The molecule has 1 rings (SSSR count). The average molecular weight is 376 g/mol. The van der Waals surface area contributed by atoms with E-state index in [0.29, 0.717) is 11.8 Å². The second-order valence-electron chi connectivity index (χ2n) is 6.47. The van der Waals surface area contributed by atoms with Crippen LogP contribution in [0, 0.1) is 11.8 Å². The second kappa shape index (κ2) is 8.15. The van der Waals surface area contributed by atoms with E-state index in [1.807, 2.05) is 0 Å². The number of carbonyl (C=O) groups is 4. The van der Waals surface area contributed by atoms with Crippen LogP contribution in [-0.4, -0.2) is 67.8 Å². The molecule has 0 bridgehead atoms. The first kappa shape index (κ1) is 21.4. The highest BCUT2D eigenvalue weighted by Gasteiger charge is 2.60. The Labute approximate surface area is 149 Å². The van der Waals surface area contributed by atoms with Crippen molar-refractivity contribution >= 4 is 34.7 Å². The summed E-state index contributed by atoms with van der Waals surface area (Å²) in [6.07, 6.45) is -2.82. The summed E-state index contributed by atoms with van der Waals surface area (Å²) in [5, 5.41) is 33.8. The van der Waals surface area contributed by atoms with Gasteiger partial charge in [0.25, 0.3) is 0 Å². The van der Waals surface area contributed by atoms with E-state index in [1.165, 1.54) is 6.92 Å². The summed E-state index contributed by atoms with van der Waals surface area (Å²) in [4.78, 5) is 46.9. The van der Waals surface area contributed by atoms with Crippen LogP contribution in [0.5, 0.6) is 0 Å². The van der Waals surface area contributed by atoms with Crippen molar-refractivity contribution in [3.63, 3.8) is 0 Å². The third-order valence-corrected chi connectivity index (χ3v) is 5.28. The normalized spacial score (nSPS) is 28.4. The molecule has 0 aromatic heterocycles. The predicted octanol–water partition coefficient (Wildman–Crippen LogP) is -1.28. The largest absolute Gasteiger partial charge is 0.480 e. The molecular weight excluding hydrogens is 352 g/mol. The lowest BCUT2D eigenvalue weighted by Crippen LogP contribution is -2.64. The van der Waals surface area contributed by atoms with Gasteiger partial charge in [-0.15, -0.1) is 0 Å². The maximum absolute atomic E-state index is 12.8. The molecule has 0 saturated carbocycles. The zero-order valence-electron chi connectivity index (χ0n) is 14.5. The van der Waals surface area contributed by atoms with Crippen molar-refractivity contribution in [1.82, 2.24) is 10.6 Å². The number of rotatable bonds is 7. The number of carbonyl (C=O) groups excluding carboxylic acids is 3. The molecule has 2 amide bonds. The Hall–Kier alpha value is -1.65. The maximum atomic E-state index is 12.8. The number of carboxylic acids is 1. The smallest absolute Gasteiger partial charge is 0.327 e. The van der Waals surface area contributed by atoms with Gasteiger partial charge in [0.1, 0.15) is 6.04 Å². The number of hydrogen-bond acceptors (Lipinski definition) is 7. The number of aliphatic hydroxyl groups excluding tert-OH is 2. The Morgan fingerprint density at radius 2 is 1.92 bits per heavy atom. The highest BCUT2D eigenvalue weighted by molar-refractivity contribution is 8.13. The molecule has 0 aromatic rings. The van der Waals surface area contributed by atoms with Crippen LogP contribution in [0.3, 0.4) is 0 Å². The monoisotopic (exact) mass is 376 g/mol. The number of amides is 2. The molecule has 25 heavy (non-hydrogen) atoms. The molecule has 142 valence electrons. The number of thioether (sulfide) groups is 1. The van der Waals surface area contributed by atoms with Gasteiger partial charge < -0.3 is 26.0 Å². The Balaban J connectivity index is 3.04. The average Bonchev–Trinajstić information content (AvgIpc) is 2.74. The van der Waals surface area contributed by atoms with E-state index in [4.69, 9.17) is 5.11 Å². The van der Waals surface area contributed by atoms with Gasteiger partial charge in [-0.05, 0) is 5.92 Å². The molecule has 5 N–H and O–H groups in total. The number of carboxylic acid groups (broad SMARTS) is 1. The lowest BCUT2D eigenvalue weighted by Gasteiger charge is -2.37. The molecule has 1 saturated heterocycles. The van der Waals surface area contributed by atoms with E-state index < -0.39 is 58.5 Å². The van der Waals surface area contributed by atoms with Gasteiger partial charge >= 0.3 is 5.97 Å². The summed E-state index contributed by atoms with van der Waals surface area (Å²) < 4.78 is 0. The Bertz CT molecular complexity index is 568. The van der Waals surface area contributed by atoms with Gasteiger partial charge in [0.05, 0.1) is 18.1 Å². The number of aliphatic carboxylic acids is 1. The first-order chi connectivity index (χ1) is 11.4. The molecule has 0 radical (unpaired) electrons. The fourth-order valence-electron chi connectivity index (χ4n) is 2.70. The van der Waals surface area contributed by atoms with Crippen LogP contribution in [-0.2, 0) is 19.2 Å². The Kier molecular flexibility index (Phi) is 6.98. The SMILES string of the molecule is CC(=O)N[C@@H](CSC(=O)[C@@]1([C@@H](O)C(C)C)NC(=O)[C@@H](C)[C@H]1O)C(=O)O. The van der Waals surface area contributed by atoms with Crippen molar-refractivity contribution in [3.05, 3.63) is 0 Å². The van der Waals surface area contributed by atoms with Crippen LogP contribution in [0.2, 0.25) is 0 Å². The summed E-state index contributed by atoms with van der Waals surface area (Å²) in [5.41, 5.74) is -1.92. The molecule has 10 heteroatoms. The van der Waals surface area contributed by atoms with Gasteiger partial charge in [0, 0.05) is 12.7 Å². The van der Waals surface area contributed by atoms with Crippen molar-refractivity contribution in [2.45, 2.75) is 51.5 Å². The lowest BCUT2D eigenvalue weighted by atomic mass is 9.81. The lowest BCUT2D eigenvalue weighted by molar-refractivity contribution is -0.140. The molecule has 0 unspecified atom stereocenters. The van der Waals surface area contributed by atoms with Gasteiger partial charge in [-0.25, -0.2) is 4.79 Å². The Morgan fingerprint density at radius 1 is 1.36 bits per heavy atom. The fraction of sp³-hybridized carbons (Fsp3) is 0.733. The first-order valence-corrected chi connectivity index (χ1v) is 8.79. The van der Waals surface area contributed by atoms with E-state index in [-0.39, 0.29) is 5.75 Å². The summed E-state index contributed by atoms with van der Waals surface area (Å²) >= 11 is 0.535. The first-order valence-electron chi connectivity index (χ1n) is 7.80. The van der Waals surface area contributed by atoms with E-state index in [2.05, 4.69) is 10.6 Å². The molecule has 5 atom stereocenters. The van der Waals surface area contributed by atoms with Crippen LogP contribution in [0.1, 0.15) is 27.7 Å². The van der Waals surface area contributed by atoms with Crippen LogP contribution in [0.25, 0.3) is 0 Å². The van der Waals surface area contributed by atoms with Crippen LogP contribution in [0.15, 0.2) is 0 Å². The van der Waals surface area contributed by atoms with Gasteiger partial charge in [-0.2, -0.15) is 0 Å². The summed E-state index contributed by atoms with van der Waals surface area (Å²) in [6.45, 7) is 5.84. The molecule has 9 nitrogen and oxygen atoms in total. The molecule has 1 aliphatic rings. The molecule has 0 aliphatic carbocycles. The Morgan fingerprint density at radius 3 is 2.28 bits per heavy atom. The van der Waals surface area contributed by atoms with Gasteiger partial charge in [0.2, 0.25) is 16.9 Å². The third kappa shape index (κ3) is 4.31. The minimum atomic E-state index is -1.92. The van der Waals surface area contributed by atoms with E-state index in [9.17, 15) is 29.4 Å². The third-order valence-electron chi connectivity index (χ3n) is 4.18.